The lowest BCUT2D eigenvalue weighted by molar-refractivity contribution is -0.144. The molecule has 0 aromatic rings. The van der Waals surface area contributed by atoms with E-state index in [1.807, 2.05) is 0 Å². The average molecular weight is 475 g/mol. The van der Waals surface area contributed by atoms with Gasteiger partial charge in [-0.2, -0.15) is 0 Å². The first-order chi connectivity index (χ1) is 15.2. The van der Waals surface area contributed by atoms with Crippen molar-refractivity contribution in [1.82, 2.24) is 16.0 Å². The fourth-order valence-corrected chi connectivity index (χ4v) is 2.63. The third-order valence-electron chi connectivity index (χ3n) is 4.92. The number of carboxylic acid groups (broad SMARTS) is 2. The molecule has 0 aliphatic rings. The summed E-state index contributed by atoms with van der Waals surface area (Å²) in [5.74, 6) is -7.05. The second-order valence-electron chi connectivity index (χ2n) is 7.70. The van der Waals surface area contributed by atoms with Crippen LogP contribution >= 0.6 is 0 Å². The molecule has 6 unspecified atom stereocenters. The lowest BCUT2D eigenvalue weighted by Gasteiger charge is -2.28. The van der Waals surface area contributed by atoms with Crippen molar-refractivity contribution in [1.29, 1.82) is 0 Å². The maximum atomic E-state index is 12.8. The van der Waals surface area contributed by atoms with Crippen LogP contribution in [0.25, 0.3) is 0 Å². The number of nitrogens with two attached hydrogens (primary N) is 2. The van der Waals surface area contributed by atoms with Crippen molar-refractivity contribution in [2.24, 2.45) is 17.4 Å². The Morgan fingerprint density at radius 2 is 1.42 bits per heavy atom. The van der Waals surface area contributed by atoms with E-state index in [2.05, 4.69) is 16.0 Å². The molecular weight excluding hydrogens is 442 g/mol. The molecule has 0 fully saturated rings. The standard InChI is InChI=1S/C19H33N5O9/c1-4-8(2)15(24-17(30)14(21)9(3)25)18(31)23-11(7-13(27)28)16(29)22-10(19(32)33)5-6-12(20)26/h8-11,14-15,25H,4-7,21H2,1-3H3,(H2,20,26)(H,22,29)(H,23,31)(H,24,30)(H,27,28)(H,32,33). The van der Waals surface area contributed by atoms with Gasteiger partial charge in [0.15, 0.2) is 0 Å². The average Bonchev–Trinajstić information content (AvgIpc) is 2.71. The zero-order valence-electron chi connectivity index (χ0n) is 18.7. The maximum absolute atomic E-state index is 12.8. The van der Waals surface area contributed by atoms with Crippen LogP contribution in [0.3, 0.4) is 0 Å². The highest BCUT2D eigenvalue weighted by atomic mass is 16.4. The number of carbonyl (C=O) groups excluding carboxylic acids is 4. The molecule has 33 heavy (non-hydrogen) atoms. The topological polar surface area (TPSA) is 251 Å². The van der Waals surface area contributed by atoms with Gasteiger partial charge >= 0.3 is 11.9 Å². The van der Waals surface area contributed by atoms with E-state index in [1.165, 1.54) is 6.92 Å². The summed E-state index contributed by atoms with van der Waals surface area (Å²) in [6, 6.07) is -5.78. The Morgan fingerprint density at radius 3 is 1.85 bits per heavy atom. The Kier molecular flexibility index (Phi) is 12.6. The fraction of sp³-hybridized carbons (Fsp3) is 0.684. The number of aliphatic hydroxyl groups excluding tert-OH is 1. The van der Waals surface area contributed by atoms with E-state index in [1.54, 1.807) is 13.8 Å². The molecule has 0 saturated carbocycles. The van der Waals surface area contributed by atoms with Gasteiger partial charge in [-0.3, -0.25) is 24.0 Å². The SMILES string of the molecule is CCC(C)C(NC(=O)C(N)C(C)O)C(=O)NC(CC(=O)O)C(=O)NC(CCC(N)=O)C(=O)O. The molecule has 188 valence electrons. The van der Waals surface area contributed by atoms with Crippen LogP contribution in [0.5, 0.6) is 0 Å². The number of carboxylic acids is 2. The fourth-order valence-electron chi connectivity index (χ4n) is 2.63. The zero-order chi connectivity index (χ0) is 25.9. The van der Waals surface area contributed by atoms with Crippen molar-refractivity contribution in [2.75, 3.05) is 0 Å². The Balaban J connectivity index is 5.59. The van der Waals surface area contributed by atoms with Crippen molar-refractivity contribution in [2.45, 2.75) is 76.7 Å². The van der Waals surface area contributed by atoms with Crippen LogP contribution in [0.4, 0.5) is 0 Å². The van der Waals surface area contributed by atoms with E-state index >= 15 is 0 Å². The number of rotatable bonds is 15. The summed E-state index contributed by atoms with van der Waals surface area (Å²) >= 11 is 0. The van der Waals surface area contributed by atoms with Crippen molar-refractivity contribution < 1.29 is 44.1 Å². The third kappa shape index (κ3) is 10.7. The van der Waals surface area contributed by atoms with Crippen LogP contribution in [0.1, 0.15) is 46.5 Å². The van der Waals surface area contributed by atoms with E-state index in [0.29, 0.717) is 6.42 Å². The number of carbonyl (C=O) groups is 6. The summed E-state index contributed by atoms with van der Waals surface area (Å²) in [5, 5.41) is 34.5. The summed E-state index contributed by atoms with van der Waals surface area (Å²) < 4.78 is 0. The molecule has 6 atom stereocenters. The second kappa shape index (κ2) is 14.0. The number of aliphatic carboxylic acids is 2. The van der Waals surface area contributed by atoms with Crippen LogP contribution in [-0.4, -0.2) is 81.2 Å². The molecule has 0 radical (unpaired) electrons. The largest absolute Gasteiger partial charge is 0.481 e. The van der Waals surface area contributed by atoms with Gasteiger partial charge in [0.2, 0.25) is 23.6 Å². The summed E-state index contributed by atoms with van der Waals surface area (Å²) in [6.45, 7) is 4.63. The molecule has 0 aliphatic carbocycles. The summed E-state index contributed by atoms with van der Waals surface area (Å²) in [6.07, 6.45) is -2.36. The summed E-state index contributed by atoms with van der Waals surface area (Å²) in [7, 11) is 0. The highest BCUT2D eigenvalue weighted by molar-refractivity contribution is 5.95. The van der Waals surface area contributed by atoms with Gasteiger partial charge in [0.05, 0.1) is 12.5 Å². The Labute approximate surface area is 190 Å². The summed E-state index contributed by atoms with van der Waals surface area (Å²) in [5.41, 5.74) is 10.6. The molecule has 0 aliphatic heterocycles. The van der Waals surface area contributed by atoms with E-state index in [-0.39, 0.29) is 12.8 Å². The smallest absolute Gasteiger partial charge is 0.326 e. The molecular formula is C19H33N5O9. The highest BCUT2D eigenvalue weighted by Gasteiger charge is 2.34. The van der Waals surface area contributed by atoms with Gasteiger partial charge in [-0.05, 0) is 19.3 Å². The Morgan fingerprint density at radius 1 is 0.879 bits per heavy atom. The molecule has 4 amide bonds. The monoisotopic (exact) mass is 475 g/mol. The predicted octanol–water partition coefficient (Wildman–Crippen LogP) is -2.98. The minimum atomic E-state index is -1.68. The molecule has 0 aromatic carbocycles. The number of hydrogen-bond donors (Lipinski definition) is 8. The van der Waals surface area contributed by atoms with E-state index in [9.17, 15) is 39.0 Å². The lowest BCUT2D eigenvalue weighted by atomic mass is 9.97. The van der Waals surface area contributed by atoms with Gasteiger partial charge < -0.3 is 42.7 Å². The Hall–Kier alpha value is -3.26. The predicted molar refractivity (Wildman–Crippen MR) is 113 cm³/mol. The maximum Gasteiger partial charge on any atom is 0.326 e. The molecule has 14 nitrogen and oxygen atoms in total. The van der Waals surface area contributed by atoms with E-state index in [4.69, 9.17) is 16.6 Å². The first kappa shape index (κ1) is 29.7. The van der Waals surface area contributed by atoms with Crippen molar-refractivity contribution >= 4 is 35.6 Å². The molecule has 0 bridgehead atoms. The van der Waals surface area contributed by atoms with Crippen LogP contribution in [0.15, 0.2) is 0 Å². The molecule has 0 spiro atoms. The molecule has 0 aromatic heterocycles. The zero-order valence-corrected chi connectivity index (χ0v) is 18.7. The van der Waals surface area contributed by atoms with Gasteiger partial charge in [-0.15, -0.1) is 0 Å². The van der Waals surface area contributed by atoms with E-state index < -0.39 is 78.2 Å². The third-order valence-corrected chi connectivity index (χ3v) is 4.92. The van der Waals surface area contributed by atoms with Crippen LogP contribution in [0, 0.1) is 5.92 Å². The summed E-state index contributed by atoms with van der Waals surface area (Å²) in [4.78, 5) is 71.0. The number of amides is 4. The van der Waals surface area contributed by atoms with Gasteiger partial charge in [0.25, 0.3) is 0 Å². The Bertz CT molecular complexity index is 743. The lowest BCUT2D eigenvalue weighted by Crippen LogP contribution is -2.59. The number of aliphatic hydroxyl groups is 1. The number of nitrogens with one attached hydrogen (secondary N) is 3. The molecule has 0 saturated heterocycles. The number of hydrogen-bond acceptors (Lipinski definition) is 8. The van der Waals surface area contributed by atoms with Crippen LogP contribution in [-0.2, 0) is 28.8 Å². The highest BCUT2D eigenvalue weighted by Crippen LogP contribution is 2.10. The van der Waals surface area contributed by atoms with Crippen LogP contribution < -0.4 is 27.4 Å². The quantitative estimate of drug-likeness (QED) is 0.119. The number of primary amides is 1. The molecule has 14 heteroatoms. The molecule has 0 rings (SSSR count). The van der Waals surface area contributed by atoms with Crippen molar-refractivity contribution in [3.63, 3.8) is 0 Å². The molecule has 10 N–H and O–H groups in total. The first-order valence-corrected chi connectivity index (χ1v) is 10.3. The minimum absolute atomic E-state index is 0.340. The van der Waals surface area contributed by atoms with Crippen molar-refractivity contribution in [3.05, 3.63) is 0 Å². The van der Waals surface area contributed by atoms with Crippen molar-refractivity contribution in [3.8, 4) is 0 Å². The second-order valence-corrected chi connectivity index (χ2v) is 7.70. The van der Waals surface area contributed by atoms with Gasteiger partial charge in [-0.25, -0.2) is 4.79 Å². The van der Waals surface area contributed by atoms with E-state index in [0.717, 1.165) is 0 Å². The normalized spacial score (nSPS) is 16.3. The van der Waals surface area contributed by atoms with Gasteiger partial charge in [-0.1, -0.05) is 20.3 Å². The van der Waals surface area contributed by atoms with Gasteiger partial charge in [0.1, 0.15) is 24.2 Å². The van der Waals surface area contributed by atoms with Crippen LogP contribution in [0.2, 0.25) is 0 Å². The molecule has 0 heterocycles. The van der Waals surface area contributed by atoms with Gasteiger partial charge in [0, 0.05) is 6.42 Å². The first-order valence-electron chi connectivity index (χ1n) is 10.3. The minimum Gasteiger partial charge on any atom is -0.481 e.